The van der Waals surface area contributed by atoms with Gasteiger partial charge in [-0.3, -0.25) is 0 Å². The lowest BCUT2D eigenvalue weighted by Gasteiger charge is -2.03. The number of fused-ring (bicyclic) bond motifs is 1. The molecule has 0 fully saturated rings. The van der Waals surface area contributed by atoms with E-state index in [0.29, 0.717) is 0 Å². The molecule has 0 aliphatic carbocycles. The predicted molar refractivity (Wildman–Crippen MR) is 81.7 cm³/mol. The molecule has 0 bridgehead atoms. The standard InChI is InChI=1S/C14H12FN3S2/c1-2-9-7-11-12(19-9)17-14(16)18-13(11)20-10-5-3-4-8(15)6-10/h3-7H,2H2,1H3,(H2,16,17,18). The van der Waals surface area contributed by atoms with Crippen LogP contribution in [0.1, 0.15) is 11.8 Å². The van der Waals surface area contributed by atoms with Crippen molar-refractivity contribution < 1.29 is 4.39 Å². The van der Waals surface area contributed by atoms with E-state index in [9.17, 15) is 4.39 Å². The Labute approximate surface area is 124 Å². The Hall–Kier alpha value is -1.66. The molecule has 0 saturated heterocycles. The molecule has 3 aromatic rings. The van der Waals surface area contributed by atoms with Gasteiger partial charge in [-0.25, -0.2) is 14.4 Å². The number of aromatic nitrogens is 2. The molecule has 0 radical (unpaired) electrons. The first-order chi connectivity index (χ1) is 9.65. The maximum absolute atomic E-state index is 13.3. The Balaban J connectivity index is 2.08. The molecule has 2 N–H and O–H groups in total. The number of rotatable bonds is 3. The molecule has 0 aliphatic heterocycles. The van der Waals surface area contributed by atoms with Crippen molar-refractivity contribution in [3.05, 3.63) is 41.0 Å². The fourth-order valence-electron chi connectivity index (χ4n) is 1.86. The van der Waals surface area contributed by atoms with E-state index in [-0.39, 0.29) is 11.8 Å². The maximum Gasteiger partial charge on any atom is 0.222 e. The summed E-state index contributed by atoms with van der Waals surface area (Å²) in [5.41, 5.74) is 5.76. The van der Waals surface area contributed by atoms with E-state index in [1.54, 1.807) is 17.4 Å². The third-order valence-corrected chi connectivity index (χ3v) is 4.95. The van der Waals surface area contributed by atoms with Gasteiger partial charge in [0.25, 0.3) is 0 Å². The zero-order chi connectivity index (χ0) is 14.1. The van der Waals surface area contributed by atoms with Crippen LogP contribution in [0.4, 0.5) is 10.3 Å². The first-order valence-corrected chi connectivity index (χ1v) is 7.78. The van der Waals surface area contributed by atoms with Crippen LogP contribution in [0.15, 0.2) is 40.3 Å². The maximum atomic E-state index is 13.3. The minimum Gasteiger partial charge on any atom is -0.368 e. The lowest BCUT2D eigenvalue weighted by atomic mass is 10.3. The second-order valence-electron chi connectivity index (χ2n) is 4.23. The molecule has 2 heterocycles. The minimum atomic E-state index is -0.257. The van der Waals surface area contributed by atoms with Gasteiger partial charge < -0.3 is 5.73 Å². The monoisotopic (exact) mass is 305 g/mol. The van der Waals surface area contributed by atoms with Crippen LogP contribution in [-0.2, 0) is 6.42 Å². The van der Waals surface area contributed by atoms with Gasteiger partial charge in [0.2, 0.25) is 5.95 Å². The summed E-state index contributed by atoms with van der Waals surface area (Å²) >= 11 is 3.03. The average molecular weight is 305 g/mol. The fourth-order valence-corrected chi connectivity index (χ4v) is 3.84. The van der Waals surface area contributed by atoms with E-state index in [1.807, 2.05) is 6.07 Å². The van der Waals surface area contributed by atoms with Crippen LogP contribution >= 0.6 is 23.1 Å². The Morgan fingerprint density at radius 3 is 2.90 bits per heavy atom. The van der Waals surface area contributed by atoms with Gasteiger partial charge in [-0.2, -0.15) is 0 Å². The number of anilines is 1. The first-order valence-electron chi connectivity index (χ1n) is 6.15. The Morgan fingerprint density at radius 2 is 2.15 bits per heavy atom. The summed E-state index contributed by atoms with van der Waals surface area (Å²) < 4.78 is 13.3. The van der Waals surface area contributed by atoms with Crippen molar-refractivity contribution in [2.45, 2.75) is 23.3 Å². The van der Waals surface area contributed by atoms with E-state index in [1.165, 1.54) is 28.8 Å². The molecule has 0 unspecified atom stereocenters. The molecule has 0 aliphatic rings. The Morgan fingerprint density at radius 1 is 1.30 bits per heavy atom. The van der Waals surface area contributed by atoms with E-state index in [0.717, 1.165) is 26.6 Å². The molecule has 2 aromatic heterocycles. The lowest BCUT2D eigenvalue weighted by molar-refractivity contribution is 0.624. The molecule has 1 aromatic carbocycles. The van der Waals surface area contributed by atoms with Crippen molar-refractivity contribution in [3.63, 3.8) is 0 Å². The highest BCUT2D eigenvalue weighted by molar-refractivity contribution is 7.99. The van der Waals surface area contributed by atoms with Gasteiger partial charge in [0.05, 0.1) is 0 Å². The molecule has 102 valence electrons. The number of thiophene rings is 1. The van der Waals surface area contributed by atoms with Crippen LogP contribution in [0.3, 0.4) is 0 Å². The summed E-state index contributed by atoms with van der Waals surface area (Å²) in [5, 5.41) is 1.75. The number of hydrogen-bond acceptors (Lipinski definition) is 5. The number of aryl methyl sites for hydroxylation is 1. The van der Waals surface area contributed by atoms with Crippen molar-refractivity contribution in [2.24, 2.45) is 0 Å². The number of halogens is 1. The Bertz CT molecular complexity index is 770. The SMILES string of the molecule is CCc1cc2c(Sc3cccc(F)c3)nc(N)nc2s1. The van der Waals surface area contributed by atoms with Crippen molar-refractivity contribution in [2.75, 3.05) is 5.73 Å². The van der Waals surface area contributed by atoms with Gasteiger partial charge in [0.1, 0.15) is 15.7 Å². The van der Waals surface area contributed by atoms with Gasteiger partial charge in [0.15, 0.2) is 0 Å². The molecule has 3 rings (SSSR count). The highest BCUT2D eigenvalue weighted by Crippen LogP contribution is 2.35. The zero-order valence-electron chi connectivity index (χ0n) is 10.8. The molecular formula is C14H12FN3S2. The number of nitrogens with two attached hydrogens (primary N) is 1. The Kier molecular flexibility index (Phi) is 3.58. The predicted octanol–water partition coefficient (Wildman–Crippen LogP) is 4.13. The van der Waals surface area contributed by atoms with Crippen LogP contribution in [0, 0.1) is 5.82 Å². The third-order valence-electron chi connectivity index (χ3n) is 2.79. The molecule has 3 nitrogen and oxygen atoms in total. The summed E-state index contributed by atoms with van der Waals surface area (Å²) in [6.07, 6.45) is 0.949. The highest BCUT2D eigenvalue weighted by Gasteiger charge is 2.11. The summed E-state index contributed by atoms with van der Waals surface area (Å²) in [6, 6.07) is 8.53. The topological polar surface area (TPSA) is 51.8 Å². The molecule has 0 amide bonds. The normalized spacial score (nSPS) is 11.1. The minimum absolute atomic E-state index is 0.251. The van der Waals surface area contributed by atoms with Crippen LogP contribution in [0.2, 0.25) is 0 Å². The van der Waals surface area contributed by atoms with Crippen LogP contribution < -0.4 is 5.73 Å². The van der Waals surface area contributed by atoms with Crippen LogP contribution in [0.25, 0.3) is 10.2 Å². The van der Waals surface area contributed by atoms with Crippen LogP contribution in [0.5, 0.6) is 0 Å². The summed E-state index contributed by atoms with van der Waals surface area (Å²) in [6.45, 7) is 2.10. The van der Waals surface area contributed by atoms with Crippen molar-refractivity contribution in [1.29, 1.82) is 0 Å². The number of nitrogens with zero attached hydrogens (tertiary/aromatic N) is 2. The molecule has 6 heteroatoms. The summed E-state index contributed by atoms with van der Waals surface area (Å²) in [4.78, 5) is 11.5. The van der Waals surface area contributed by atoms with E-state index in [2.05, 4.69) is 23.0 Å². The average Bonchev–Trinajstić information content (AvgIpc) is 2.82. The second kappa shape index (κ2) is 5.38. The first kappa shape index (κ1) is 13.3. The van der Waals surface area contributed by atoms with Gasteiger partial charge in [-0.15, -0.1) is 11.3 Å². The molecule has 0 spiro atoms. The third kappa shape index (κ3) is 2.62. The summed E-state index contributed by atoms with van der Waals surface area (Å²) in [7, 11) is 0. The summed E-state index contributed by atoms with van der Waals surface area (Å²) in [5.74, 6) is -0.00579. The number of benzene rings is 1. The number of hydrogen-bond donors (Lipinski definition) is 1. The largest absolute Gasteiger partial charge is 0.368 e. The smallest absolute Gasteiger partial charge is 0.222 e. The van der Waals surface area contributed by atoms with Gasteiger partial charge >= 0.3 is 0 Å². The van der Waals surface area contributed by atoms with Crippen molar-refractivity contribution in [3.8, 4) is 0 Å². The van der Waals surface area contributed by atoms with Gasteiger partial charge in [-0.05, 0) is 30.7 Å². The van der Waals surface area contributed by atoms with E-state index in [4.69, 9.17) is 5.73 Å². The number of nitrogen functional groups attached to an aromatic ring is 1. The fraction of sp³-hybridized carbons (Fsp3) is 0.143. The van der Waals surface area contributed by atoms with E-state index >= 15 is 0 Å². The molecule has 20 heavy (non-hydrogen) atoms. The quantitative estimate of drug-likeness (QED) is 0.739. The zero-order valence-corrected chi connectivity index (χ0v) is 12.4. The van der Waals surface area contributed by atoms with Crippen LogP contribution in [-0.4, -0.2) is 9.97 Å². The highest BCUT2D eigenvalue weighted by atomic mass is 32.2. The van der Waals surface area contributed by atoms with Gasteiger partial charge in [0, 0.05) is 15.2 Å². The molecule has 0 atom stereocenters. The second-order valence-corrected chi connectivity index (χ2v) is 6.41. The molecule has 0 saturated carbocycles. The lowest BCUT2D eigenvalue weighted by Crippen LogP contribution is -1.95. The van der Waals surface area contributed by atoms with E-state index < -0.39 is 0 Å². The van der Waals surface area contributed by atoms with Crippen molar-refractivity contribution >= 4 is 39.3 Å². The van der Waals surface area contributed by atoms with Crippen molar-refractivity contribution in [1.82, 2.24) is 9.97 Å². The molecular weight excluding hydrogens is 293 g/mol. The van der Waals surface area contributed by atoms with Gasteiger partial charge in [-0.1, -0.05) is 24.8 Å².